The van der Waals surface area contributed by atoms with E-state index in [0.29, 0.717) is 4.90 Å². The summed E-state index contributed by atoms with van der Waals surface area (Å²) < 4.78 is 23.0. The molecule has 0 saturated carbocycles. The summed E-state index contributed by atoms with van der Waals surface area (Å²) in [5.41, 5.74) is 2.51. The molecule has 2 aromatic heterocycles. The molecule has 92 valence electrons. The fourth-order valence-corrected chi connectivity index (χ4v) is 3.04. The predicted octanol–water partition coefficient (Wildman–Crippen LogP) is 2.69. The maximum Gasteiger partial charge on any atom is 0.175 e. The van der Waals surface area contributed by atoms with Crippen molar-refractivity contribution in [2.24, 2.45) is 0 Å². The highest BCUT2D eigenvalue weighted by Crippen LogP contribution is 2.24. The lowest BCUT2D eigenvalue weighted by molar-refractivity contribution is 0.602. The van der Waals surface area contributed by atoms with Gasteiger partial charge in [-0.25, -0.2) is 13.4 Å². The largest absolute Gasteiger partial charge is 0.338 e. The molecule has 0 saturated heterocycles. The number of thiophene rings is 1. The molecular formula is C12H10N2O2S2. The Morgan fingerprint density at radius 2 is 2.11 bits per heavy atom. The van der Waals surface area contributed by atoms with E-state index in [1.54, 1.807) is 29.5 Å². The van der Waals surface area contributed by atoms with Gasteiger partial charge in [-0.3, -0.25) is 0 Å². The molecule has 0 aliphatic rings. The second-order valence-corrected chi connectivity index (χ2v) is 6.84. The van der Waals surface area contributed by atoms with E-state index in [9.17, 15) is 8.42 Å². The van der Waals surface area contributed by atoms with Crippen molar-refractivity contribution in [3.8, 4) is 11.4 Å². The summed E-state index contributed by atoms with van der Waals surface area (Å²) in [6.07, 6.45) is 1.20. The third kappa shape index (κ3) is 1.93. The van der Waals surface area contributed by atoms with Crippen LogP contribution in [-0.4, -0.2) is 24.6 Å². The van der Waals surface area contributed by atoms with Crippen LogP contribution in [0.4, 0.5) is 0 Å². The van der Waals surface area contributed by atoms with E-state index in [-0.39, 0.29) is 0 Å². The standard InChI is InChI=1S/C12H10N2O2S2/c1-18(15,16)9-2-3-10-11(6-9)14-12(13-10)8-4-5-17-7-8/h2-7H,1H3,(H,13,14). The van der Waals surface area contributed by atoms with Gasteiger partial charge in [-0.2, -0.15) is 11.3 Å². The molecule has 0 atom stereocenters. The van der Waals surface area contributed by atoms with Crippen LogP contribution in [0.5, 0.6) is 0 Å². The predicted molar refractivity (Wildman–Crippen MR) is 72.5 cm³/mol. The van der Waals surface area contributed by atoms with Gasteiger partial charge in [0.05, 0.1) is 15.9 Å². The van der Waals surface area contributed by atoms with Gasteiger partial charge >= 0.3 is 0 Å². The number of sulfone groups is 1. The number of H-pyrrole nitrogens is 1. The monoisotopic (exact) mass is 278 g/mol. The van der Waals surface area contributed by atoms with Gasteiger partial charge in [-0.05, 0) is 29.6 Å². The smallest absolute Gasteiger partial charge is 0.175 e. The Morgan fingerprint density at radius 3 is 2.78 bits per heavy atom. The average molecular weight is 278 g/mol. The molecule has 0 spiro atoms. The number of nitrogens with one attached hydrogen (secondary N) is 1. The molecule has 0 unspecified atom stereocenters. The van der Waals surface area contributed by atoms with Gasteiger partial charge in [0.1, 0.15) is 5.82 Å². The number of benzene rings is 1. The zero-order chi connectivity index (χ0) is 12.8. The van der Waals surface area contributed by atoms with Gasteiger partial charge < -0.3 is 4.98 Å². The number of rotatable bonds is 2. The molecule has 1 N–H and O–H groups in total. The molecule has 1 aromatic carbocycles. The Bertz CT molecular complexity index is 802. The Kier molecular flexibility index (Phi) is 2.49. The summed E-state index contributed by atoms with van der Waals surface area (Å²) in [5.74, 6) is 0.761. The quantitative estimate of drug-likeness (QED) is 0.784. The molecule has 0 bridgehead atoms. The van der Waals surface area contributed by atoms with Gasteiger partial charge in [0.25, 0.3) is 0 Å². The zero-order valence-electron chi connectivity index (χ0n) is 9.54. The highest BCUT2D eigenvalue weighted by molar-refractivity contribution is 7.90. The van der Waals surface area contributed by atoms with Crippen LogP contribution in [0.15, 0.2) is 39.9 Å². The second kappa shape index (κ2) is 3.93. The summed E-state index contributed by atoms with van der Waals surface area (Å²) in [6, 6.07) is 6.89. The van der Waals surface area contributed by atoms with Crippen molar-refractivity contribution in [3.05, 3.63) is 35.0 Å². The highest BCUT2D eigenvalue weighted by Gasteiger charge is 2.10. The molecule has 3 rings (SSSR count). The van der Waals surface area contributed by atoms with Crippen molar-refractivity contribution in [2.45, 2.75) is 4.90 Å². The third-order valence-electron chi connectivity index (χ3n) is 2.68. The van der Waals surface area contributed by atoms with Crippen LogP contribution < -0.4 is 0 Å². The van der Waals surface area contributed by atoms with Gasteiger partial charge in [-0.15, -0.1) is 0 Å². The van der Waals surface area contributed by atoms with Crippen LogP contribution >= 0.6 is 11.3 Å². The van der Waals surface area contributed by atoms with E-state index in [2.05, 4.69) is 9.97 Å². The number of fused-ring (bicyclic) bond motifs is 1. The van der Waals surface area contributed by atoms with Crippen LogP contribution in [0.1, 0.15) is 0 Å². The zero-order valence-corrected chi connectivity index (χ0v) is 11.2. The normalized spacial score (nSPS) is 12.1. The molecule has 0 aliphatic carbocycles. The summed E-state index contributed by atoms with van der Waals surface area (Å²) in [4.78, 5) is 7.88. The van der Waals surface area contributed by atoms with E-state index >= 15 is 0 Å². The van der Waals surface area contributed by atoms with E-state index < -0.39 is 9.84 Å². The van der Waals surface area contributed by atoms with Crippen LogP contribution in [0.3, 0.4) is 0 Å². The van der Waals surface area contributed by atoms with Gasteiger partial charge in [-0.1, -0.05) is 0 Å². The molecule has 0 amide bonds. The lowest BCUT2D eigenvalue weighted by atomic mass is 10.3. The maximum atomic E-state index is 11.5. The van der Waals surface area contributed by atoms with Crippen molar-refractivity contribution in [2.75, 3.05) is 6.26 Å². The SMILES string of the molecule is CS(=O)(=O)c1ccc2nc(-c3ccsc3)[nH]c2c1. The summed E-state index contributed by atoms with van der Waals surface area (Å²) in [7, 11) is -3.18. The fourth-order valence-electron chi connectivity index (χ4n) is 1.76. The Morgan fingerprint density at radius 1 is 1.28 bits per heavy atom. The van der Waals surface area contributed by atoms with Crippen LogP contribution in [0.2, 0.25) is 0 Å². The molecule has 4 nitrogen and oxygen atoms in total. The third-order valence-corrected chi connectivity index (χ3v) is 4.47. The summed E-state index contributed by atoms with van der Waals surface area (Å²) in [6.45, 7) is 0. The fraction of sp³-hybridized carbons (Fsp3) is 0.0833. The lowest BCUT2D eigenvalue weighted by Gasteiger charge is -1.96. The molecule has 0 radical (unpaired) electrons. The van der Waals surface area contributed by atoms with Gasteiger partial charge in [0, 0.05) is 17.2 Å². The summed E-state index contributed by atoms with van der Waals surface area (Å²) >= 11 is 1.60. The molecular weight excluding hydrogens is 268 g/mol. The topological polar surface area (TPSA) is 62.8 Å². The van der Waals surface area contributed by atoms with Crippen molar-refractivity contribution in [1.29, 1.82) is 0 Å². The first-order valence-electron chi connectivity index (χ1n) is 5.26. The number of aromatic amines is 1. The number of imidazole rings is 1. The van der Waals surface area contributed by atoms with E-state index in [1.165, 1.54) is 6.26 Å². The molecule has 3 aromatic rings. The minimum atomic E-state index is -3.18. The first-order chi connectivity index (χ1) is 8.54. The minimum absolute atomic E-state index is 0.301. The first kappa shape index (κ1) is 11.4. The van der Waals surface area contributed by atoms with Crippen molar-refractivity contribution < 1.29 is 8.42 Å². The second-order valence-electron chi connectivity index (χ2n) is 4.05. The molecule has 0 fully saturated rings. The van der Waals surface area contributed by atoms with Crippen LogP contribution in [0.25, 0.3) is 22.4 Å². The Labute approximate surface area is 108 Å². The molecule has 2 heterocycles. The van der Waals surface area contributed by atoms with Crippen LogP contribution in [0, 0.1) is 0 Å². The van der Waals surface area contributed by atoms with Gasteiger partial charge in [0.2, 0.25) is 0 Å². The number of hydrogen-bond donors (Lipinski definition) is 1. The van der Waals surface area contributed by atoms with Crippen LogP contribution in [-0.2, 0) is 9.84 Å². The van der Waals surface area contributed by atoms with E-state index in [0.717, 1.165) is 22.4 Å². The lowest BCUT2D eigenvalue weighted by Crippen LogP contribution is -1.96. The maximum absolute atomic E-state index is 11.5. The van der Waals surface area contributed by atoms with Crippen molar-refractivity contribution in [3.63, 3.8) is 0 Å². The Hall–Kier alpha value is -1.66. The number of hydrogen-bond acceptors (Lipinski definition) is 4. The van der Waals surface area contributed by atoms with E-state index in [1.807, 2.05) is 16.8 Å². The Balaban J connectivity index is 2.19. The molecule has 18 heavy (non-hydrogen) atoms. The molecule has 6 heteroatoms. The van der Waals surface area contributed by atoms with E-state index in [4.69, 9.17) is 0 Å². The number of nitrogens with zero attached hydrogens (tertiary/aromatic N) is 1. The summed E-state index contributed by atoms with van der Waals surface area (Å²) in [5, 5.41) is 3.97. The van der Waals surface area contributed by atoms with Gasteiger partial charge in [0.15, 0.2) is 9.84 Å². The minimum Gasteiger partial charge on any atom is -0.338 e. The van der Waals surface area contributed by atoms with Crippen molar-refractivity contribution in [1.82, 2.24) is 9.97 Å². The highest BCUT2D eigenvalue weighted by atomic mass is 32.2. The van der Waals surface area contributed by atoms with Crippen molar-refractivity contribution >= 4 is 32.2 Å². The number of aromatic nitrogens is 2. The molecule has 0 aliphatic heterocycles. The average Bonchev–Trinajstić information content (AvgIpc) is 2.95. The first-order valence-corrected chi connectivity index (χ1v) is 8.10.